The maximum absolute atomic E-state index is 13.5. The van der Waals surface area contributed by atoms with Crippen LogP contribution in [0, 0.1) is 25.7 Å². The van der Waals surface area contributed by atoms with E-state index in [1.165, 1.54) is 11.1 Å². The summed E-state index contributed by atoms with van der Waals surface area (Å²) < 4.78 is 1.70. The van der Waals surface area contributed by atoms with Crippen LogP contribution in [0.4, 0.5) is 0 Å². The monoisotopic (exact) mass is 361 g/mol. The highest BCUT2D eigenvalue weighted by Crippen LogP contribution is 2.44. The molecule has 1 amide bonds. The fourth-order valence-corrected chi connectivity index (χ4v) is 4.72. The van der Waals surface area contributed by atoms with E-state index >= 15 is 0 Å². The summed E-state index contributed by atoms with van der Waals surface area (Å²) in [6.07, 6.45) is 5.35. The van der Waals surface area contributed by atoms with Crippen LogP contribution in [0.15, 0.2) is 42.9 Å². The van der Waals surface area contributed by atoms with Crippen LogP contribution in [-0.2, 0) is 0 Å². The van der Waals surface area contributed by atoms with Crippen LogP contribution in [0.2, 0.25) is 0 Å². The zero-order valence-electron chi connectivity index (χ0n) is 15.6. The summed E-state index contributed by atoms with van der Waals surface area (Å²) in [5.41, 5.74) is 4.72. The molecule has 1 aromatic carbocycles. The minimum absolute atomic E-state index is 0.0315. The third-order valence-corrected chi connectivity index (χ3v) is 6.05. The van der Waals surface area contributed by atoms with Gasteiger partial charge in [0.1, 0.15) is 5.56 Å². The maximum atomic E-state index is 13.5. The largest absolute Gasteiger partial charge is 0.331 e. The van der Waals surface area contributed by atoms with Crippen LogP contribution >= 0.6 is 0 Å². The van der Waals surface area contributed by atoms with E-state index in [1.54, 1.807) is 16.9 Å². The summed E-state index contributed by atoms with van der Waals surface area (Å²) in [6.45, 7) is 6.81. The Bertz CT molecular complexity index is 1030. The van der Waals surface area contributed by atoms with Crippen molar-refractivity contribution in [1.82, 2.24) is 24.8 Å². The second-order valence-corrected chi connectivity index (χ2v) is 7.80. The molecule has 0 saturated carbocycles. The highest BCUT2D eigenvalue weighted by molar-refractivity contribution is 6.00. The summed E-state index contributed by atoms with van der Waals surface area (Å²) in [6, 6.07) is 8.52. The molecule has 2 fully saturated rings. The van der Waals surface area contributed by atoms with E-state index in [4.69, 9.17) is 0 Å². The molecule has 2 aliphatic heterocycles. The third-order valence-electron chi connectivity index (χ3n) is 6.05. The van der Waals surface area contributed by atoms with Crippen molar-refractivity contribution >= 4 is 11.6 Å². The van der Waals surface area contributed by atoms with Gasteiger partial charge in [0.15, 0.2) is 5.65 Å². The van der Waals surface area contributed by atoms with Crippen molar-refractivity contribution in [1.29, 1.82) is 0 Å². The van der Waals surface area contributed by atoms with Gasteiger partial charge in [-0.15, -0.1) is 0 Å². The second kappa shape index (κ2) is 6.16. The highest BCUT2D eigenvalue weighted by Gasteiger charge is 2.47. The zero-order valence-corrected chi connectivity index (χ0v) is 15.6. The van der Waals surface area contributed by atoms with Gasteiger partial charge in [0, 0.05) is 37.9 Å². The lowest BCUT2D eigenvalue weighted by Gasteiger charge is -2.29. The van der Waals surface area contributed by atoms with Gasteiger partial charge in [-0.2, -0.15) is 5.10 Å². The van der Waals surface area contributed by atoms with Crippen molar-refractivity contribution in [2.75, 3.05) is 19.6 Å². The van der Waals surface area contributed by atoms with E-state index in [9.17, 15) is 4.79 Å². The van der Waals surface area contributed by atoms with E-state index in [1.807, 2.05) is 13.1 Å². The normalized spacial score (nSPS) is 24.5. The van der Waals surface area contributed by atoms with Gasteiger partial charge < -0.3 is 10.2 Å². The predicted molar refractivity (Wildman–Crippen MR) is 103 cm³/mol. The predicted octanol–water partition coefficient (Wildman–Crippen LogP) is 2.38. The fraction of sp³-hybridized carbons (Fsp3) is 0.381. The van der Waals surface area contributed by atoms with Gasteiger partial charge in [0.2, 0.25) is 0 Å². The molecule has 0 bridgehead atoms. The van der Waals surface area contributed by atoms with Gasteiger partial charge in [-0.25, -0.2) is 9.50 Å². The Morgan fingerprint density at radius 1 is 1.19 bits per heavy atom. The molecule has 4 heterocycles. The molecule has 2 aliphatic rings. The number of carbonyl (C=O) groups is 1. The van der Waals surface area contributed by atoms with Crippen molar-refractivity contribution in [2.45, 2.75) is 19.9 Å². The average Bonchev–Trinajstić information content (AvgIpc) is 3.35. The van der Waals surface area contributed by atoms with Crippen LogP contribution in [0.25, 0.3) is 5.65 Å². The van der Waals surface area contributed by atoms with Gasteiger partial charge in [-0.3, -0.25) is 4.79 Å². The quantitative estimate of drug-likeness (QED) is 0.761. The molecular weight excluding hydrogens is 338 g/mol. The Balaban J connectivity index is 1.57. The molecule has 2 aromatic heterocycles. The summed E-state index contributed by atoms with van der Waals surface area (Å²) >= 11 is 0. The summed E-state index contributed by atoms with van der Waals surface area (Å²) in [5.74, 6) is 0.978. The van der Waals surface area contributed by atoms with E-state index in [0.717, 1.165) is 25.2 Å². The molecular formula is C21H23N5O. The maximum Gasteiger partial charge on any atom is 0.259 e. The number of hydrogen-bond donors (Lipinski definition) is 1. The molecule has 138 valence electrons. The van der Waals surface area contributed by atoms with E-state index in [2.05, 4.69) is 51.5 Å². The van der Waals surface area contributed by atoms with E-state index in [-0.39, 0.29) is 11.9 Å². The number of aryl methyl sites for hydroxylation is 2. The Kier molecular flexibility index (Phi) is 3.75. The molecule has 6 heteroatoms. The molecule has 3 aromatic rings. The minimum Gasteiger partial charge on any atom is -0.331 e. The highest BCUT2D eigenvalue weighted by atomic mass is 16.2. The molecule has 1 N–H and O–H groups in total. The topological polar surface area (TPSA) is 62.5 Å². The Morgan fingerprint density at radius 2 is 2.04 bits per heavy atom. The summed E-state index contributed by atoms with van der Waals surface area (Å²) in [4.78, 5) is 20.1. The first-order valence-electron chi connectivity index (χ1n) is 9.50. The lowest BCUT2D eigenvalue weighted by Crippen LogP contribution is -2.35. The number of amides is 1. The molecule has 0 spiro atoms. The van der Waals surface area contributed by atoms with Crippen LogP contribution in [0.1, 0.15) is 33.1 Å². The molecule has 0 aliphatic carbocycles. The molecule has 0 unspecified atom stereocenters. The van der Waals surface area contributed by atoms with Crippen LogP contribution in [0.3, 0.4) is 0 Å². The number of nitrogens with one attached hydrogen (secondary N) is 1. The Morgan fingerprint density at radius 3 is 2.89 bits per heavy atom. The first-order valence-corrected chi connectivity index (χ1v) is 9.50. The van der Waals surface area contributed by atoms with E-state index in [0.29, 0.717) is 23.0 Å². The van der Waals surface area contributed by atoms with Crippen LogP contribution in [0.5, 0.6) is 0 Å². The number of benzene rings is 1. The number of aromatic nitrogens is 3. The van der Waals surface area contributed by atoms with Crippen molar-refractivity contribution in [3.05, 3.63) is 65.1 Å². The molecule has 27 heavy (non-hydrogen) atoms. The number of carbonyl (C=O) groups excluding carboxylic acids is 1. The van der Waals surface area contributed by atoms with Gasteiger partial charge >= 0.3 is 0 Å². The van der Waals surface area contributed by atoms with Crippen molar-refractivity contribution in [3.8, 4) is 0 Å². The first-order chi connectivity index (χ1) is 13.1. The second-order valence-electron chi connectivity index (χ2n) is 7.80. The van der Waals surface area contributed by atoms with Gasteiger partial charge in [-0.05, 0) is 36.5 Å². The van der Waals surface area contributed by atoms with Gasteiger partial charge in [0.25, 0.3) is 5.91 Å². The Hall–Kier alpha value is -2.73. The smallest absolute Gasteiger partial charge is 0.259 e. The van der Waals surface area contributed by atoms with Crippen LogP contribution < -0.4 is 5.32 Å². The lowest BCUT2D eigenvalue weighted by molar-refractivity contribution is 0.0715. The molecule has 3 atom stereocenters. The van der Waals surface area contributed by atoms with Crippen molar-refractivity contribution < 1.29 is 4.79 Å². The number of fused-ring (bicyclic) bond motifs is 2. The standard InChI is InChI=1S/C21H23N5O/c1-13-7-23-20-18(10-24-26(20)11-13)21(27)25-12-15-8-22-9-17(15)19(25)16-6-4-3-5-14(16)2/h3-7,10-11,15,17,19,22H,8-9,12H2,1-2H3/t15-,17-,19+/m0/s1. The fourth-order valence-electron chi connectivity index (χ4n) is 4.72. The SMILES string of the molecule is Cc1cnc2c(C(=O)N3C[C@@H]4CNC[C@@H]4[C@H]3c3ccccc3C)cnn2c1. The summed E-state index contributed by atoms with van der Waals surface area (Å²) in [5, 5.41) is 7.86. The van der Waals surface area contributed by atoms with Crippen molar-refractivity contribution in [3.63, 3.8) is 0 Å². The number of nitrogens with zero attached hydrogens (tertiary/aromatic N) is 4. The third kappa shape index (κ3) is 2.55. The Labute approximate surface area is 158 Å². The van der Waals surface area contributed by atoms with Gasteiger partial charge in [0.05, 0.1) is 12.2 Å². The first kappa shape index (κ1) is 16.4. The van der Waals surface area contributed by atoms with Gasteiger partial charge in [-0.1, -0.05) is 24.3 Å². The molecule has 6 nitrogen and oxygen atoms in total. The summed E-state index contributed by atoms with van der Waals surface area (Å²) in [7, 11) is 0. The lowest BCUT2D eigenvalue weighted by atomic mass is 9.87. The number of likely N-dealkylation sites (tertiary alicyclic amines) is 1. The van der Waals surface area contributed by atoms with Crippen LogP contribution in [-0.4, -0.2) is 45.0 Å². The number of rotatable bonds is 2. The molecule has 0 radical (unpaired) electrons. The average molecular weight is 361 g/mol. The minimum atomic E-state index is 0.0315. The van der Waals surface area contributed by atoms with Crippen molar-refractivity contribution in [2.24, 2.45) is 11.8 Å². The number of hydrogen-bond acceptors (Lipinski definition) is 4. The molecule has 2 saturated heterocycles. The van der Waals surface area contributed by atoms with E-state index < -0.39 is 0 Å². The zero-order chi connectivity index (χ0) is 18.5. The molecule has 5 rings (SSSR count).